The predicted molar refractivity (Wildman–Crippen MR) is 73.2 cm³/mol. The lowest BCUT2D eigenvalue weighted by atomic mass is 10.2. The molecule has 2 fully saturated rings. The SMILES string of the molecule is Fc1c(CNC2CC2)ccnc1-n1ccc(C2CC2)n1. The summed E-state index contributed by atoms with van der Waals surface area (Å²) in [4.78, 5) is 4.14. The van der Waals surface area contributed by atoms with Crippen LogP contribution in [-0.4, -0.2) is 20.8 Å². The summed E-state index contributed by atoms with van der Waals surface area (Å²) in [6.07, 6.45) is 8.24. The van der Waals surface area contributed by atoms with Crippen LogP contribution >= 0.6 is 0 Å². The van der Waals surface area contributed by atoms with Gasteiger partial charge in [0.2, 0.25) is 0 Å². The van der Waals surface area contributed by atoms with Gasteiger partial charge in [0.15, 0.2) is 11.6 Å². The molecule has 4 rings (SSSR count). The van der Waals surface area contributed by atoms with Crippen molar-refractivity contribution in [3.05, 3.63) is 41.6 Å². The second-order valence-corrected chi connectivity index (χ2v) is 5.72. The molecule has 0 bridgehead atoms. The lowest BCUT2D eigenvalue weighted by Crippen LogP contribution is -2.17. The lowest BCUT2D eigenvalue weighted by molar-refractivity contribution is 0.566. The molecule has 0 saturated heterocycles. The van der Waals surface area contributed by atoms with E-state index in [1.807, 2.05) is 6.07 Å². The summed E-state index contributed by atoms with van der Waals surface area (Å²) in [5.41, 5.74) is 1.71. The Kier molecular flexibility index (Phi) is 2.80. The third kappa shape index (κ3) is 2.33. The van der Waals surface area contributed by atoms with Crippen LogP contribution in [-0.2, 0) is 6.54 Å². The number of halogens is 1. The number of hydrogen-bond acceptors (Lipinski definition) is 3. The minimum Gasteiger partial charge on any atom is -0.310 e. The molecule has 0 atom stereocenters. The summed E-state index contributed by atoms with van der Waals surface area (Å²) in [5.74, 6) is 0.595. The van der Waals surface area contributed by atoms with Crippen LogP contribution in [0.1, 0.15) is 42.9 Å². The summed E-state index contributed by atoms with van der Waals surface area (Å²) < 4.78 is 16.1. The van der Waals surface area contributed by atoms with Gasteiger partial charge in [-0.25, -0.2) is 14.1 Å². The Morgan fingerprint density at radius 1 is 1.25 bits per heavy atom. The summed E-state index contributed by atoms with van der Waals surface area (Å²) in [6.45, 7) is 0.558. The molecule has 0 unspecified atom stereocenters. The summed E-state index contributed by atoms with van der Waals surface area (Å²) in [6, 6.07) is 4.27. The van der Waals surface area contributed by atoms with Crippen molar-refractivity contribution < 1.29 is 4.39 Å². The van der Waals surface area contributed by atoms with Crippen molar-refractivity contribution in [3.8, 4) is 5.82 Å². The maximum atomic E-state index is 14.5. The number of hydrogen-bond donors (Lipinski definition) is 1. The zero-order valence-corrected chi connectivity index (χ0v) is 11.2. The van der Waals surface area contributed by atoms with E-state index in [0.717, 1.165) is 5.69 Å². The highest BCUT2D eigenvalue weighted by Crippen LogP contribution is 2.39. The first-order valence-electron chi connectivity index (χ1n) is 7.24. The summed E-state index contributed by atoms with van der Waals surface area (Å²) in [7, 11) is 0. The van der Waals surface area contributed by atoms with Crippen molar-refractivity contribution in [2.75, 3.05) is 0 Å². The molecule has 4 nitrogen and oxygen atoms in total. The molecule has 1 N–H and O–H groups in total. The van der Waals surface area contributed by atoms with Crippen molar-refractivity contribution in [1.82, 2.24) is 20.1 Å². The molecule has 104 valence electrons. The maximum Gasteiger partial charge on any atom is 0.190 e. The molecule has 2 aliphatic rings. The van der Waals surface area contributed by atoms with E-state index in [-0.39, 0.29) is 5.82 Å². The van der Waals surface area contributed by atoms with Crippen LogP contribution in [0.2, 0.25) is 0 Å². The number of rotatable bonds is 5. The van der Waals surface area contributed by atoms with Gasteiger partial charge in [-0.3, -0.25) is 0 Å². The number of nitrogens with zero attached hydrogens (tertiary/aromatic N) is 3. The second kappa shape index (κ2) is 4.66. The molecular weight excluding hydrogens is 255 g/mol. The van der Waals surface area contributed by atoms with E-state index in [1.54, 1.807) is 23.1 Å². The smallest absolute Gasteiger partial charge is 0.190 e. The highest BCUT2D eigenvalue weighted by atomic mass is 19.1. The molecule has 2 aromatic rings. The molecule has 0 amide bonds. The maximum absolute atomic E-state index is 14.5. The van der Waals surface area contributed by atoms with E-state index in [9.17, 15) is 4.39 Å². The average molecular weight is 272 g/mol. The molecule has 2 saturated carbocycles. The normalized spacial score (nSPS) is 18.4. The standard InChI is InChI=1S/C15H17FN4/c16-14-11(9-18-12-3-4-12)5-7-17-15(14)20-8-6-13(19-20)10-1-2-10/h5-8,10,12,18H,1-4,9H2. The molecule has 0 radical (unpaired) electrons. The molecule has 2 aromatic heterocycles. The minimum absolute atomic E-state index is 0.272. The van der Waals surface area contributed by atoms with Gasteiger partial charge in [-0.2, -0.15) is 5.10 Å². The third-order valence-corrected chi connectivity index (χ3v) is 3.93. The topological polar surface area (TPSA) is 42.7 Å². The van der Waals surface area contributed by atoms with Gasteiger partial charge in [-0.15, -0.1) is 0 Å². The van der Waals surface area contributed by atoms with E-state index in [2.05, 4.69) is 15.4 Å². The van der Waals surface area contributed by atoms with Crippen molar-refractivity contribution in [2.24, 2.45) is 0 Å². The monoisotopic (exact) mass is 272 g/mol. The van der Waals surface area contributed by atoms with Gasteiger partial charge in [-0.05, 0) is 37.8 Å². The first-order valence-corrected chi connectivity index (χ1v) is 7.24. The van der Waals surface area contributed by atoms with Crippen LogP contribution in [0.3, 0.4) is 0 Å². The Balaban J connectivity index is 1.60. The quantitative estimate of drug-likeness (QED) is 0.909. The van der Waals surface area contributed by atoms with E-state index >= 15 is 0 Å². The highest BCUT2D eigenvalue weighted by Gasteiger charge is 2.26. The first-order chi connectivity index (χ1) is 9.81. The fourth-order valence-corrected chi connectivity index (χ4v) is 2.36. The van der Waals surface area contributed by atoms with Crippen LogP contribution in [0.4, 0.5) is 4.39 Å². The Hall–Kier alpha value is -1.75. The predicted octanol–water partition coefficient (Wildman–Crippen LogP) is 2.54. The minimum atomic E-state index is -0.272. The van der Waals surface area contributed by atoms with Gasteiger partial charge in [0.25, 0.3) is 0 Å². The average Bonchev–Trinajstić information content (AvgIpc) is 3.38. The largest absolute Gasteiger partial charge is 0.310 e. The Bertz CT molecular complexity index is 629. The fraction of sp³-hybridized carbons (Fsp3) is 0.467. The third-order valence-electron chi connectivity index (χ3n) is 3.93. The number of pyridine rings is 1. The molecule has 0 spiro atoms. The highest BCUT2D eigenvalue weighted by molar-refractivity contribution is 5.31. The Morgan fingerprint density at radius 3 is 2.85 bits per heavy atom. The van der Waals surface area contributed by atoms with E-state index in [0.29, 0.717) is 29.9 Å². The molecule has 5 heteroatoms. The Morgan fingerprint density at radius 2 is 2.10 bits per heavy atom. The molecule has 2 aliphatic carbocycles. The summed E-state index contributed by atoms with van der Waals surface area (Å²) in [5, 5.41) is 7.77. The second-order valence-electron chi connectivity index (χ2n) is 5.72. The molecule has 0 aliphatic heterocycles. The zero-order valence-electron chi connectivity index (χ0n) is 11.2. The van der Waals surface area contributed by atoms with Gasteiger partial charge in [-0.1, -0.05) is 0 Å². The van der Waals surface area contributed by atoms with Crippen LogP contribution in [0.15, 0.2) is 24.5 Å². The lowest BCUT2D eigenvalue weighted by Gasteiger charge is -2.08. The Labute approximate surface area is 117 Å². The van der Waals surface area contributed by atoms with Crippen molar-refractivity contribution in [1.29, 1.82) is 0 Å². The van der Waals surface area contributed by atoms with E-state index < -0.39 is 0 Å². The van der Waals surface area contributed by atoms with Gasteiger partial charge in [0.05, 0.1) is 5.69 Å². The first kappa shape index (κ1) is 12.0. The van der Waals surface area contributed by atoms with Crippen molar-refractivity contribution >= 4 is 0 Å². The number of nitrogens with one attached hydrogen (secondary N) is 1. The van der Waals surface area contributed by atoms with Crippen molar-refractivity contribution in [2.45, 2.75) is 44.2 Å². The van der Waals surface area contributed by atoms with Crippen LogP contribution in [0, 0.1) is 5.82 Å². The van der Waals surface area contributed by atoms with Gasteiger partial charge >= 0.3 is 0 Å². The van der Waals surface area contributed by atoms with Gasteiger partial charge in [0.1, 0.15) is 0 Å². The fourth-order valence-electron chi connectivity index (χ4n) is 2.36. The van der Waals surface area contributed by atoms with Crippen LogP contribution in [0.25, 0.3) is 5.82 Å². The molecule has 2 heterocycles. The summed E-state index contributed by atoms with van der Waals surface area (Å²) >= 11 is 0. The van der Waals surface area contributed by atoms with E-state index in [1.165, 1.54) is 25.7 Å². The van der Waals surface area contributed by atoms with Crippen molar-refractivity contribution in [3.63, 3.8) is 0 Å². The molecule has 20 heavy (non-hydrogen) atoms. The van der Waals surface area contributed by atoms with Crippen LogP contribution < -0.4 is 5.32 Å². The van der Waals surface area contributed by atoms with Gasteiger partial charge < -0.3 is 5.32 Å². The van der Waals surface area contributed by atoms with E-state index in [4.69, 9.17) is 0 Å². The zero-order chi connectivity index (χ0) is 13.5. The molecular formula is C15H17FN4. The van der Waals surface area contributed by atoms with Gasteiger partial charge in [0, 0.05) is 36.5 Å². The van der Waals surface area contributed by atoms with Crippen LogP contribution in [0.5, 0.6) is 0 Å². The number of aromatic nitrogens is 3. The molecule has 0 aromatic carbocycles.